The van der Waals surface area contributed by atoms with Gasteiger partial charge in [0.15, 0.2) is 17.3 Å². The van der Waals surface area contributed by atoms with Gasteiger partial charge in [-0.3, -0.25) is 10.2 Å². The maximum absolute atomic E-state index is 14.4. The summed E-state index contributed by atoms with van der Waals surface area (Å²) in [4.78, 5) is 11.3. The van der Waals surface area contributed by atoms with Crippen LogP contribution in [0, 0.1) is 17.1 Å². The molecule has 0 aliphatic carbocycles. The van der Waals surface area contributed by atoms with Crippen molar-refractivity contribution in [2.24, 2.45) is 0 Å². The molecule has 2 aromatic carbocycles. The summed E-state index contributed by atoms with van der Waals surface area (Å²) >= 11 is 6.03. The monoisotopic (exact) mass is 410 g/mol. The van der Waals surface area contributed by atoms with Gasteiger partial charge in [-0.2, -0.15) is 9.68 Å². The first-order valence-corrected chi connectivity index (χ1v) is 9.47. The standard InChI is InChI=1S/C16H12ClFN4O4S/c17-11-2-1-9(6-19)4-13(11)20-7-10-3-12(18)16(14(23)5-10)22-21-15(24)8-27(22,25)26/h1-5,20,23H,7-8H2,(H,21,24). The molecule has 0 radical (unpaired) electrons. The number of anilines is 2. The van der Waals surface area contributed by atoms with E-state index in [-0.39, 0.29) is 12.1 Å². The Kier molecular flexibility index (Phi) is 4.82. The summed E-state index contributed by atoms with van der Waals surface area (Å²) < 4.78 is 38.5. The smallest absolute Gasteiger partial charge is 0.262 e. The summed E-state index contributed by atoms with van der Waals surface area (Å²) in [7, 11) is -4.11. The molecule has 1 aliphatic heterocycles. The molecular formula is C16H12ClFN4O4S. The number of benzene rings is 2. The number of hydrogen-bond acceptors (Lipinski definition) is 6. The molecular weight excluding hydrogens is 399 g/mol. The quantitative estimate of drug-likeness (QED) is 0.707. The Bertz CT molecular complexity index is 1060. The molecule has 140 valence electrons. The molecule has 1 amide bonds. The molecule has 1 heterocycles. The summed E-state index contributed by atoms with van der Waals surface area (Å²) in [5, 5.41) is 22.3. The minimum atomic E-state index is -4.11. The third kappa shape index (κ3) is 3.74. The average Bonchev–Trinajstić information content (AvgIpc) is 2.86. The normalized spacial score (nSPS) is 15.3. The van der Waals surface area contributed by atoms with Crippen LogP contribution >= 0.6 is 11.6 Å². The maximum Gasteiger partial charge on any atom is 0.262 e. The van der Waals surface area contributed by atoms with Crippen LogP contribution in [-0.4, -0.2) is 25.2 Å². The predicted molar refractivity (Wildman–Crippen MR) is 96.0 cm³/mol. The van der Waals surface area contributed by atoms with E-state index < -0.39 is 38.9 Å². The van der Waals surface area contributed by atoms with Crippen LogP contribution in [0.25, 0.3) is 0 Å². The topological polar surface area (TPSA) is 123 Å². The number of carbonyl (C=O) groups is 1. The van der Waals surface area contributed by atoms with Gasteiger partial charge in [-0.05, 0) is 35.9 Å². The molecule has 0 spiro atoms. The van der Waals surface area contributed by atoms with Crippen molar-refractivity contribution in [1.29, 1.82) is 5.26 Å². The van der Waals surface area contributed by atoms with Crippen molar-refractivity contribution >= 4 is 38.9 Å². The first kappa shape index (κ1) is 18.8. The SMILES string of the molecule is N#Cc1ccc(Cl)c(NCc2cc(O)c(N3NC(=O)CS3(=O)=O)c(F)c2)c1. The average molecular weight is 411 g/mol. The van der Waals surface area contributed by atoms with Crippen LogP contribution in [-0.2, 0) is 21.4 Å². The third-order valence-corrected chi connectivity index (χ3v) is 5.49. The summed E-state index contributed by atoms with van der Waals surface area (Å²) in [5.74, 6) is -3.35. The van der Waals surface area contributed by atoms with Gasteiger partial charge in [0.25, 0.3) is 15.9 Å². The van der Waals surface area contributed by atoms with Gasteiger partial charge in [0, 0.05) is 6.54 Å². The number of carbonyl (C=O) groups excluding carboxylic acids is 1. The minimum Gasteiger partial charge on any atom is -0.506 e. The van der Waals surface area contributed by atoms with Crippen molar-refractivity contribution in [3.63, 3.8) is 0 Å². The van der Waals surface area contributed by atoms with Crippen molar-refractivity contribution in [3.8, 4) is 11.8 Å². The lowest BCUT2D eigenvalue weighted by molar-refractivity contribution is -0.117. The molecule has 11 heteroatoms. The van der Waals surface area contributed by atoms with Crippen molar-refractivity contribution in [3.05, 3.63) is 52.3 Å². The first-order chi connectivity index (χ1) is 12.7. The van der Waals surface area contributed by atoms with Gasteiger partial charge in [0.1, 0.15) is 5.75 Å². The summed E-state index contributed by atoms with van der Waals surface area (Å²) in [6.07, 6.45) is 0. The Hall–Kier alpha value is -3.03. The lowest BCUT2D eigenvalue weighted by Crippen LogP contribution is -2.36. The zero-order valence-corrected chi connectivity index (χ0v) is 15.1. The highest BCUT2D eigenvalue weighted by atomic mass is 35.5. The number of sulfonamides is 1. The molecule has 0 atom stereocenters. The molecule has 3 N–H and O–H groups in total. The molecule has 3 rings (SSSR count). The molecule has 0 saturated carbocycles. The second-order valence-electron chi connectivity index (χ2n) is 5.66. The Balaban J connectivity index is 1.86. The van der Waals surface area contributed by atoms with Gasteiger partial charge in [0.2, 0.25) is 0 Å². The molecule has 1 fully saturated rings. The van der Waals surface area contributed by atoms with Crippen LogP contribution in [0.1, 0.15) is 11.1 Å². The summed E-state index contributed by atoms with van der Waals surface area (Å²) in [5.41, 5.74) is 2.43. The molecule has 0 unspecified atom stereocenters. The highest BCUT2D eigenvalue weighted by Gasteiger charge is 2.38. The van der Waals surface area contributed by atoms with E-state index in [1.165, 1.54) is 12.1 Å². The zero-order chi connectivity index (χ0) is 19.8. The molecule has 0 bridgehead atoms. The number of hydrogen-bond donors (Lipinski definition) is 3. The lowest BCUT2D eigenvalue weighted by Gasteiger charge is -2.19. The number of phenolic OH excluding ortho intramolecular Hbond substituents is 1. The van der Waals surface area contributed by atoms with Gasteiger partial charge in [-0.1, -0.05) is 11.6 Å². The molecule has 0 aromatic heterocycles. The van der Waals surface area contributed by atoms with Crippen LogP contribution < -0.4 is 15.2 Å². The number of halogens is 2. The van der Waals surface area contributed by atoms with E-state index in [2.05, 4.69) is 5.32 Å². The van der Waals surface area contributed by atoms with E-state index in [1.807, 2.05) is 11.5 Å². The van der Waals surface area contributed by atoms with Gasteiger partial charge in [-0.15, -0.1) is 0 Å². The van der Waals surface area contributed by atoms with Crippen LogP contribution in [0.4, 0.5) is 15.8 Å². The Morgan fingerprint density at radius 1 is 1.37 bits per heavy atom. The molecule has 27 heavy (non-hydrogen) atoms. The highest BCUT2D eigenvalue weighted by molar-refractivity contribution is 7.93. The Labute approximate surface area is 158 Å². The highest BCUT2D eigenvalue weighted by Crippen LogP contribution is 2.34. The number of nitrogens with one attached hydrogen (secondary N) is 2. The van der Waals surface area contributed by atoms with Crippen molar-refractivity contribution in [2.75, 3.05) is 15.5 Å². The number of aromatic hydroxyl groups is 1. The van der Waals surface area contributed by atoms with E-state index in [9.17, 15) is 22.7 Å². The predicted octanol–water partition coefficient (Wildman–Crippen LogP) is 1.85. The zero-order valence-electron chi connectivity index (χ0n) is 13.5. The Morgan fingerprint density at radius 2 is 2.11 bits per heavy atom. The summed E-state index contributed by atoms with van der Waals surface area (Å²) in [6.45, 7) is 0.0401. The van der Waals surface area contributed by atoms with Gasteiger partial charge < -0.3 is 10.4 Å². The number of hydrazine groups is 1. The van der Waals surface area contributed by atoms with E-state index in [1.54, 1.807) is 6.07 Å². The fourth-order valence-corrected chi connectivity index (χ4v) is 3.92. The van der Waals surface area contributed by atoms with E-state index in [4.69, 9.17) is 16.9 Å². The fourth-order valence-electron chi connectivity index (χ4n) is 2.51. The molecule has 8 nitrogen and oxygen atoms in total. The second-order valence-corrected chi connectivity index (χ2v) is 7.89. The number of phenols is 1. The first-order valence-electron chi connectivity index (χ1n) is 7.48. The van der Waals surface area contributed by atoms with Crippen LogP contribution in [0.2, 0.25) is 5.02 Å². The van der Waals surface area contributed by atoms with Crippen molar-refractivity contribution in [2.45, 2.75) is 6.54 Å². The number of nitriles is 1. The van der Waals surface area contributed by atoms with Crippen LogP contribution in [0.3, 0.4) is 0 Å². The molecule has 1 aliphatic rings. The number of amides is 1. The van der Waals surface area contributed by atoms with Crippen LogP contribution in [0.5, 0.6) is 5.75 Å². The van der Waals surface area contributed by atoms with E-state index in [0.29, 0.717) is 20.7 Å². The summed E-state index contributed by atoms with van der Waals surface area (Å²) in [6, 6.07) is 8.73. The lowest BCUT2D eigenvalue weighted by atomic mass is 10.1. The van der Waals surface area contributed by atoms with Crippen molar-refractivity contribution in [1.82, 2.24) is 5.43 Å². The largest absolute Gasteiger partial charge is 0.506 e. The maximum atomic E-state index is 14.4. The third-order valence-electron chi connectivity index (χ3n) is 3.70. The van der Waals surface area contributed by atoms with Gasteiger partial charge >= 0.3 is 0 Å². The van der Waals surface area contributed by atoms with E-state index in [0.717, 1.165) is 12.1 Å². The molecule has 2 aromatic rings. The number of rotatable bonds is 4. The van der Waals surface area contributed by atoms with Gasteiger partial charge in [-0.25, -0.2) is 12.8 Å². The Morgan fingerprint density at radius 3 is 2.70 bits per heavy atom. The van der Waals surface area contributed by atoms with Gasteiger partial charge in [0.05, 0.1) is 22.3 Å². The fraction of sp³-hybridized carbons (Fsp3) is 0.125. The van der Waals surface area contributed by atoms with Crippen molar-refractivity contribution < 1.29 is 22.7 Å². The second kappa shape index (κ2) is 6.94. The van der Waals surface area contributed by atoms with Crippen LogP contribution in [0.15, 0.2) is 30.3 Å². The molecule has 1 saturated heterocycles. The number of nitrogens with zero attached hydrogens (tertiary/aromatic N) is 2. The minimum absolute atomic E-state index is 0.0401. The van der Waals surface area contributed by atoms with E-state index >= 15 is 0 Å².